The number of carbonyl (C=O) groups is 1. The second-order valence-corrected chi connectivity index (χ2v) is 6.58. The molecule has 1 aliphatic heterocycles. The van der Waals surface area contributed by atoms with Gasteiger partial charge in [0.25, 0.3) is 0 Å². The van der Waals surface area contributed by atoms with Crippen LogP contribution in [-0.4, -0.2) is 43.5 Å². The number of hydrogen-bond acceptors (Lipinski definition) is 3. The van der Waals surface area contributed by atoms with Crippen LogP contribution in [0.3, 0.4) is 0 Å². The van der Waals surface area contributed by atoms with Gasteiger partial charge in [0, 0.05) is 0 Å². The van der Waals surface area contributed by atoms with E-state index in [0.29, 0.717) is 5.92 Å². The van der Waals surface area contributed by atoms with Crippen LogP contribution in [0.25, 0.3) is 0 Å². The van der Waals surface area contributed by atoms with E-state index in [1.807, 2.05) is 11.9 Å². The van der Waals surface area contributed by atoms with Crippen LogP contribution in [0, 0.1) is 5.92 Å². The van der Waals surface area contributed by atoms with Crippen molar-refractivity contribution in [2.45, 2.75) is 38.4 Å². The molecule has 1 aromatic carbocycles. The molecule has 1 aromatic rings. The zero-order chi connectivity index (χ0) is 18.4. The summed E-state index contributed by atoms with van der Waals surface area (Å²) in [5.74, 6) is 0.246. The maximum Gasteiger partial charge on any atom is 0.418 e. The van der Waals surface area contributed by atoms with Gasteiger partial charge >= 0.3 is 6.18 Å². The molecule has 25 heavy (non-hydrogen) atoms. The lowest BCUT2D eigenvalue weighted by molar-refractivity contribution is -0.137. The molecule has 0 aromatic heterocycles. The van der Waals surface area contributed by atoms with Crippen LogP contribution in [-0.2, 0) is 11.0 Å². The highest BCUT2D eigenvalue weighted by atomic mass is 19.4. The summed E-state index contributed by atoms with van der Waals surface area (Å²) >= 11 is 0. The van der Waals surface area contributed by atoms with E-state index < -0.39 is 23.7 Å². The molecular weight excluding hydrogens is 331 g/mol. The molecule has 1 fully saturated rings. The minimum atomic E-state index is -4.49. The van der Waals surface area contributed by atoms with Crippen molar-refractivity contribution in [2.75, 3.05) is 32.0 Å². The predicted molar refractivity (Wildman–Crippen MR) is 92.4 cm³/mol. The Morgan fingerprint density at radius 3 is 2.52 bits per heavy atom. The van der Waals surface area contributed by atoms with Crippen LogP contribution in [0.15, 0.2) is 24.3 Å². The minimum absolute atomic E-state index is 0.184. The second-order valence-electron chi connectivity index (χ2n) is 6.58. The van der Waals surface area contributed by atoms with Gasteiger partial charge in [-0.25, -0.2) is 0 Å². The van der Waals surface area contributed by atoms with Gasteiger partial charge < -0.3 is 10.6 Å². The van der Waals surface area contributed by atoms with Gasteiger partial charge in [0.1, 0.15) is 0 Å². The Kier molecular flexibility index (Phi) is 6.84. The largest absolute Gasteiger partial charge is 0.418 e. The van der Waals surface area contributed by atoms with Crippen molar-refractivity contribution in [3.05, 3.63) is 29.8 Å². The molecule has 7 heteroatoms. The molecular formula is C18H26F3N3O. The summed E-state index contributed by atoms with van der Waals surface area (Å²) in [4.78, 5) is 14.5. The van der Waals surface area contributed by atoms with Gasteiger partial charge in [-0.05, 0) is 70.9 Å². The molecule has 0 aliphatic carbocycles. The number of likely N-dealkylation sites (tertiary alicyclic amines) is 1. The SMILES string of the molecule is CNCCC1CCN(C(C)C(=O)Nc2ccccc2C(F)(F)F)CC1. The third kappa shape index (κ3) is 5.44. The molecule has 1 aliphatic rings. The van der Waals surface area contributed by atoms with Crippen molar-refractivity contribution in [2.24, 2.45) is 5.92 Å². The standard InChI is InChI=1S/C18H26F3N3O/c1-13(24-11-8-14(9-12-24)7-10-22-2)17(25)23-16-6-4-3-5-15(16)18(19,20)21/h3-6,13-14,22H,7-12H2,1-2H3,(H,23,25). The summed E-state index contributed by atoms with van der Waals surface area (Å²) in [6.45, 7) is 4.32. The first-order chi connectivity index (χ1) is 11.8. The number of benzene rings is 1. The van der Waals surface area contributed by atoms with Crippen LogP contribution in [0.1, 0.15) is 31.7 Å². The van der Waals surface area contributed by atoms with Gasteiger partial charge in [-0.1, -0.05) is 12.1 Å². The van der Waals surface area contributed by atoms with E-state index in [0.717, 1.165) is 45.0 Å². The Balaban J connectivity index is 1.94. The normalized spacial score (nSPS) is 18.1. The molecule has 4 nitrogen and oxygen atoms in total. The molecule has 0 bridgehead atoms. The van der Waals surface area contributed by atoms with Crippen molar-refractivity contribution in [1.82, 2.24) is 10.2 Å². The lowest BCUT2D eigenvalue weighted by Gasteiger charge is -2.35. The van der Waals surface area contributed by atoms with Crippen molar-refractivity contribution >= 4 is 11.6 Å². The summed E-state index contributed by atoms with van der Waals surface area (Å²) < 4.78 is 39.1. The number of halogens is 3. The highest BCUT2D eigenvalue weighted by Gasteiger charge is 2.34. The third-order valence-corrected chi connectivity index (χ3v) is 4.87. The second kappa shape index (κ2) is 8.67. The molecule has 1 amide bonds. The van der Waals surface area contributed by atoms with E-state index in [9.17, 15) is 18.0 Å². The number of rotatable bonds is 6. The van der Waals surface area contributed by atoms with E-state index in [1.54, 1.807) is 6.92 Å². The highest BCUT2D eigenvalue weighted by Crippen LogP contribution is 2.34. The fourth-order valence-electron chi connectivity index (χ4n) is 3.22. The van der Waals surface area contributed by atoms with E-state index in [-0.39, 0.29) is 5.69 Å². The quantitative estimate of drug-likeness (QED) is 0.821. The number of carbonyl (C=O) groups excluding carboxylic acids is 1. The maximum atomic E-state index is 13.0. The van der Waals surface area contributed by atoms with Gasteiger partial charge in [0.05, 0.1) is 17.3 Å². The van der Waals surface area contributed by atoms with Gasteiger partial charge in [-0.15, -0.1) is 0 Å². The minimum Gasteiger partial charge on any atom is -0.324 e. The number of para-hydroxylation sites is 1. The van der Waals surface area contributed by atoms with Gasteiger partial charge in [-0.3, -0.25) is 9.69 Å². The van der Waals surface area contributed by atoms with E-state index >= 15 is 0 Å². The number of amides is 1. The monoisotopic (exact) mass is 357 g/mol. The van der Waals surface area contributed by atoms with Crippen molar-refractivity contribution in [3.8, 4) is 0 Å². The average Bonchev–Trinajstić information content (AvgIpc) is 2.59. The molecule has 0 radical (unpaired) electrons. The van der Waals surface area contributed by atoms with Crippen molar-refractivity contribution in [3.63, 3.8) is 0 Å². The molecule has 1 atom stereocenters. The molecule has 0 spiro atoms. The highest BCUT2D eigenvalue weighted by molar-refractivity contribution is 5.95. The Morgan fingerprint density at radius 2 is 1.92 bits per heavy atom. The first-order valence-electron chi connectivity index (χ1n) is 8.68. The average molecular weight is 357 g/mol. The zero-order valence-electron chi connectivity index (χ0n) is 14.7. The molecule has 1 saturated heterocycles. The number of piperidine rings is 1. The topological polar surface area (TPSA) is 44.4 Å². The van der Waals surface area contributed by atoms with Crippen molar-refractivity contribution in [1.29, 1.82) is 0 Å². The number of alkyl halides is 3. The zero-order valence-corrected chi connectivity index (χ0v) is 14.7. The summed E-state index contributed by atoms with van der Waals surface area (Å²) in [7, 11) is 1.93. The molecule has 1 unspecified atom stereocenters. The Labute approximate surface area is 146 Å². The molecule has 1 heterocycles. The third-order valence-electron chi connectivity index (χ3n) is 4.87. The Bertz CT molecular complexity index is 569. The summed E-state index contributed by atoms with van der Waals surface area (Å²) in [6.07, 6.45) is -1.35. The predicted octanol–water partition coefficient (Wildman–Crippen LogP) is 3.35. The fourth-order valence-corrected chi connectivity index (χ4v) is 3.22. The summed E-state index contributed by atoms with van der Waals surface area (Å²) in [6, 6.07) is 4.62. The first-order valence-corrected chi connectivity index (χ1v) is 8.68. The smallest absolute Gasteiger partial charge is 0.324 e. The Hall–Kier alpha value is -1.60. The molecule has 140 valence electrons. The fraction of sp³-hybridized carbons (Fsp3) is 0.611. The lowest BCUT2D eigenvalue weighted by atomic mass is 9.93. The molecule has 0 saturated carbocycles. The summed E-state index contributed by atoms with van der Waals surface area (Å²) in [5.41, 5.74) is -1.00. The van der Waals surface area contributed by atoms with Crippen LogP contribution in [0.5, 0.6) is 0 Å². The van der Waals surface area contributed by atoms with Gasteiger partial charge in [-0.2, -0.15) is 13.2 Å². The maximum absolute atomic E-state index is 13.0. The van der Waals surface area contributed by atoms with Gasteiger partial charge in [0.2, 0.25) is 5.91 Å². The number of hydrogen-bond donors (Lipinski definition) is 2. The van der Waals surface area contributed by atoms with E-state index in [4.69, 9.17) is 0 Å². The van der Waals surface area contributed by atoms with Crippen LogP contribution >= 0.6 is 0 Å². The molecule has 2 N–H and O–H groups in total. The van der Waals surface area contributed by atoms with E-state index in [2.05, 4.69) is 10.6 Å². The van der Waals surface area contributed by atoms with Gasteiger partial charge in [0.15, 0.2) is 0 Å². The molecule has 2 rings (SSSR count). The lowest BCUT2D eigenvalue weighted by Crippen LogP contribution is -2.46. The van der Waals surface area contributed by atoms with E-state index in [1.165, 1.54) is 18.2 Å². The first kappa shape index (κ1) is 19.7. The number of nitrogens with one attached hydrogen (secondary N) is 2. The number of nitrogens with zero attached hydrogens (tertiary/aromatic N) is 1. The van der Waals surface area contributed by atoms with Crippen molar-refractivity contribution < 1.29 is 18.0 Å². The van der Waals surface area contributed by atoms with Crippen LogP contribution in [0.4, 0.5) is 18.9 Å². The number of anilines is 1. The van der Waals surface area contributed by atoms with Crippen LogP contribution < -0.4 is 10.6 Å². The Morgan fingerprint density at radius 1 is 1.28 bits per heavy atom. The van der Waals surface area contributed by atoms with Crippen LogP contribution in [0.2, 0.25) is 0 Å². The summed E-state index contributed by atoms with van der Waals surface area (Å²) in [5, 5.41) is 5.59.